The molecule has 0 saturated heterocycles. The maximum atomic E-state index is 5.68. The minimum atomic E-state index is 0.247. The fourth-order valence-corrected chi connectivity index (χ4v) is 1.69. The van der Waals surface area contributed by atoms with Crippen LogP contribution in [0.3, 0.4) is 0 Å². The lowest BCUT2D eigenvalue weighted by atomic mass is 10.2. The van der Waals surface area contributed by atoms with Crippen molar-refractivity contribution in [2.45, 2.75) is 13.5 Å². The van der Waals surface area contributed by atoms with Gasteiger partial charge in [0.1, 0.15) is 12.4 Å². The molecule has 0 aliphatic rings. The van der Waals surface area contributed by atoms with Crippen LogP contribution in [0.1, 0.15) is 11.3 Å². The third-order valence-corrected chi connectivity index (χ3v) is 2.96. The molecule has 2 N–H and O–H groups in total. The number of halogens is 1. The largest absolute Gasteiger partial charge is 0.487 e. The van der Waals surface area contributed by atoms with Crippen LogP contribution in [-0.2, 0) is 6.61 Å². The highest BCUT2D eigenvalue weighted by atomic mass is 79.9. The number of nitrogen functional groups attached to an aromatic ring is 1. The first kappa shape index (κ1) is 11.9. The van der Waals surface area contributed by atoms with E-state index in [9.17, 15) is 0 Å². The van der Waals surface area contributed by atoms with Gasteiger partial charge in [-0.25, -0.2) is 9.97 Å². The number of aryl methyl sites for hydroxylation is 1. The highest BCUT2D eigenvalue weighted by molar-refractivity contribution is 9.10. The molecule has 0 aliphatic carbocycles. The van der Waals surface area contributed by atoms with Gasteiger partial charge in [-0.3, -0.25) is 0 Å². The number of nitrogens with two attached hydrogens (primary N) is 1. The summed E-state index contributed by atoms with van der Waals surface area (Å²) in [4.78, 5) is 7.99. The Kier molecular flexibility index (Phi) is 3.58. The number of para-hydroxylation sites is 1. The van der Waals surface area contributed by atoms with Crippen molar-refractivity contribution in [1.29, 1.82) is 0 Å². The van der Waals surface area contributed by atoms with Crippen molar-refractivity contribution < 1.29 is 4.74 Å². The third-order valence-electron chi connectivity index (χ3n) is 2.29. The van der Waals surface area contributed by atoms with Crippen molar-refractivity contribution >= 4 is 21.9 Å². The normalized spacial score (nSPS) is 10.2. The number of rotatable bonds is 3. The maximum absolute atomic E-state index is 5.68. The number of hydrogen-bond acceptors (Lipinski definition) is 4. The van der Waals surface area contributed by atoms with Crippen molar-refractivity contribution in [3.63, 3.8) is 0 Å². The Labute approximate surface area is 108 Å². The van der Waals surface area contributed by atoms with E-state index < -0.39 is 0 Å². The number of ether oxygens (including phenoxy) is 1. The Morgan fingerprint density at radius 2 is 2.12 bits per heavy atom. The summed E-state index contributed by atoms with van der Waals surface area (Å²) in [6, 6.07) is 7.83. The van der Waals surface area contributed by atoms with Gasteiger partial charge in [0, 0.05) is 6.20 Å². The van der Waals surface area contributed by atoms with Crippen molar-refractivity contribution in [2.75, 3.05) is 5.73 Å². The van der Waals surface area contributed by atoms with Crippen LogP contribution in [0.5, 0.6) is 5.75 Å². The number of aromatic nitrogens is 2. The van der Waals surface area contributed by atoms with Crippen LogP contribution in [0.25, 0.3) is 0 Å². The molecule has 0 aliphatic heterocycles. The monoisotopic (exact) mass is 293 g/mol. The lowest BCUT2D eigenvalue weighted by Gasteiger charge is -2.09. The quantitative estimate of drug-likeness (QED) is 0.945. The van der Waals surface area contributed by atoms with Crippen LogP contribution in [0, 0.1) is 6.92 Å². The van der Waals surface area contributed by atoms with Crippen molar-refractivity contribution in [1.82, 2.24) is 9.97 Å². The average Bonchev–Trinajstić information content (AvgIpc) is 2.32. The van der Waals surface area contributed by atoms with Crippen molar-refractivity contribution in [3.8, 4) is 5.75 Å². The fraction of sp³-hybridized carbons (Fsp3) is 0.167. The Morgan fingerprint density at radius 1 is 1.35 bits per heavy atom. The van der Waals surface area contributed by atoms with Crippen molar-refractivity contribution in [3.05, 3.63) is 46.2 Å². The summed E-state index contributed by atoms with van der Waals surface area (Å²) in [5.74, 6) is 1.09. The number of anilines is 1. The summed E-state index contributed by atoms with van der Waals surface area (Å²) in [5, 5.41) is 0. The molecule has 4 nitrogen and oxygen atoms in total. The van der Waals surface area contributed by atoms with Gasteiger partial charge in [0.15, 0.2) is 0 Å². The first-order valence-electron chi connectivity index (χ1n) is 5.12. The zero-order chi connectivity index (χ0) is 12.3. The molecule has 1 aromatic carbocycles. The Balaban J connectivity index is 2.12. The molecule has 1 heterocycles. The standard InChI is InChI=1S/C12H12BrN3O/c1-8-4-2-3-5-11(8)17-7-10-9(13)6-15-12(14)16-10/h2-6H,7H2,1H3,(H2,14,15,16). The van der Waals surface area contributed by atoms with E-state index in [0.717, 1.165) is 21.5 Å². The summed E-state index contributed by atoms with van der Waals surface area (Å²) in [6.07, 6.45) is 1.62. The summed E-state index contributed by atoms with van der Waals surface area (Å²) in [6.45, 7) is 2.36. The first-order chi connectivity index (χ1) is 8.16. The molecular weight excluding hydrogens is 282 g/mol. The predicted molar refractivity (Wildman–Crippen MR) is 69.7 cm³/mol. The summed E-state index contributed by atoms with van der Waals surface area (Å²) >= 11 is 3.36. The van der Waals surface area contributed by atoms with Gasteiger partial charge in [0.05, 0.1) is 10.2 Å². The topological polar surface area (TPSA) is 61.0 Å². The second-order valence-corrected chi connectivity index (χ2v) is 4.43. The van der Waals surface area contributed by atoms with Gasteiger partial charge in [0.25, 0.3) is 0 Å². The minimum absolute atomic E-state index is 0.247. The molecule has 0 saturated carbocycles. The molecule has 88 valence electrons. The van der Waals surface area contributed by atoms with E-state index >= 15 is 0 Å². The van der Waals surface area contributed by atoms with E-state index in [-0.39, 0.29) is 5.95 Å². The van der Waals surface area contributed by atoms with Gasteiger partial charge in [-0.1, -0.05) is 18.2 Å². The van der Waals surface area contributed by atoms with Gasteiger partial charge in [-0.05, 0) is 34.5 Å². The van der Waals surface area contributed by atoms with Crippen LogP contribution in [0.4, 0.5) is 5.95 Å². The van der Waals surface area contributed by atoms with E-state index in [4.69, 9.17) is 10.5 Å². The Bertz CT molecular complexity index is 531. The molecule has 0 bridgehead atoms. The van der Waals surface area contributed by atoms with Crippen molar-refractivity contribution in [2.24, 2.45) is 0 Å². The maximum Gasteiger partial charge on any atom is 0.220 e. The lowest BCUT2D eigenvalue weighted by Crippen LogP contribution is -2.04. The molecule has 2 rings (SSSR count). The molecule has 0 atom stereocenters. The van der Waals surface area contributed by atoms with E-state index in [0.29, 0.717) is 6.61 Å². The molecule has 5 heteroatoms. The fourth-order valence-electron chi connectivity index (χ4n) is 1.38. The average molecular weight is 294 g/mol. The zero-order valence-corrected chi connectivity index (χ0v) is 10.9. The van der Waals surface area contributed by atoms with E-state index in [1.54, 1.807) is 6.20 Å². The number of benzene rings is 1. The molecule has 17 heavy (non-hydrogen) atoms. The van der Waals surface area contributed by atoms with Crippen LogP contribution < -0.4 is 10.5 Å². The number of nitrogens with zero attached hydrogens (tertiary/aromatic N) is 2. The van der Waals surface area contributed by atoms with E-state index in [1.165, 1.54) is 0 Å². The summed E-state index contributed by atoms with van der Waals surface area (Å²) < 4.78 is 6.47. The minimum Gasteiger partial charge on any atom is -0.487 e. The molecule has 0 radical (unpaired) electrons. The molecule has 0 amide bonds. The molecule has 0 spiro atoms. The molecule has 1 aromatic heterocycles. The number of hydrogen-bond donors (Lipinski definition) is 1. The summed E-state index contributed by atoms with van der Waals surface area (Å²) in [5.41, 5.74) is 7.35. The van der Waals surface area contributed by atoms with Crippen LogP contribution in [-0.4, -0.2) is 9.97 Å². The van der Waals surface area contributed by atoms with E-state index in [2.05, 4.69) is 25.9 Å². The Morgan fingerprint density at radius 3 is 2.88 bits per heavy atom. The van der Waals surface area contributed by atoms with Gasteiger partial charge < -0.3 is 10.5 Å². The third kappa shape index (κ3) is 2.94. The van der Waals surface area contributed by atoms with Gasteiger partial charge >= 0.3 is 0 Å². The predicted octanol–water partition coefficient (Wildman–Crippen LogP) is 2.71. The summed E-state index contributed by atoms with van der Waals surface area (Å²) in [7, 11) is 0. The SMILES string of the molecule is Cc1ccccc1OCc1nc(N)ncc1Br. The van der Waals surface area contributed by atoms with Gasteiger partial charge in [-0.2, -0.15) is 0 Å². The second-order valence-electron chi connectivity index (χ2n) is 3.58. The Hall–Kier alpha value is -1.62. The smallest absolute Gasteiger partial charge is 0.220 e. The molecule has 0 unspecified atom stereocenters. The highest BCUT2D eigenvalue weighted by Crippen LogP contribution is 2.20. The highest BCUT2D eigenvalue weighted by Gasteiger charge is 2.05. The van der Waals surface area contributed by atoms with E-state index in [1.807, 2.05) is 31.2 Å². The van der Waals surface area contributed by atoms with Gasteiger partial charge in [-0.15, -0.1) is 0 Å². The molecule has 0 fully saturated rings. The van der Waals surface area contributed by atoms with Crippen LogP contribution >= 0.6 is 15.9 Å². The second kappa shape index (κ2) is 5.14. The molecule has 2 aromatic rings. The van der Waals surface area contributed by atoms with Crippen LogP contribution in [0.15, 0.2) is 34.9 Å². The molecular formula is C12H12BrN3O. The van der Waals surface area contributed by atoms with Crippen LogP contribution in [0.2, 0.25) is 0 Å². The lowest BCUT2D eigenvalue weighted by molar-refractivity contribution is 0.298. The zero-order valence-electron chi connectivity index (χ0n) is 9.35. The van der Waals surface area contributed by atoms with Gasteiger partial charge in [0.2, 0.25) is 5.95 Å². The first-order valence-corrected chi connectivity index (χ1v) is 5.91.